The van der Waals surface area contributed by atoms with Gasteiger partial charge in [0.25, 0.3) is 0 Å². The van der Waals surface area contributed by atoms with E-state index in [0.29, 0.717) is 49.9 Å². The van der Waals surface area contributed by atoms with Crippen LogP contribution < -0.4 is 19.5 Å². The summed E-state index contributed by atoms with van der Waals surface area (Å²) in [5.74, 6) is 2.00. The van der Waals surface area contributed by atoms with Gasteiger partial charge in [0.2, 0.25) is 0 Å². The number of hydrogen-bond donors (Lipinski definition) is 1. The summed E-state index contributed by atoms with van der Waals surface area (Å²) in [6.45, 7) is 11.9. The number of carbonyl (C=O) groups is 2. The normalized spacial score (nSPS) is 19.0. The molecule has 0 aromatic heterocycles. The van der Waals surface area contributed by atoms with E-state index in [0.717, 1.165) is 52.1 Å². The van der Waals surface area contributed by atoms with E-state index in [2.05, 4.69) is 33.0 Å². The van der Waals surface area contributed by atoms with Crippen LogP contribution >= 0.6 is 0 Å². The summed E-state index contributed by atoms with van der Waals surface area (Å²) in [6.07, 6.45) is 2.54. The molecule has 0 bridgehead atoms. The van der Waals surface area contributed by atoms with Gasteiger partial charge in [-0.1, -0.05) is 76.2 Å². The van der Waals surface area contributed by atoms with Crippen LogP contribution in [0.4, 0.5) is 0 Å². The topological polar surface area (TPSA) is 73.9 Å². The van der Waals surface area contributed by atoms with Crippen molar-refractivity contribution in [2.24, 2.45) is 10.8 Å². The van der Waals surface area contributed by atoms with Crippen LogP contribution in [0, 0.1) is 10.8 Å². The number of rotatable bonds is 9. The minimum atomic E-state index is -0.352. The lowest BCUT2D eigenvalue weighted by Crippen LogP contribution is -2.42. The lowest BCUT2D eigenvalue weighted by Gasteiger charge is -2.44. The van der Waals surface area contributed by atoms with Gasteiger partial charge in [-0.25, -0.2) is 0 Å². The van der Waals surface area contributed by atoms with Crippen LogP contribution in [0.3, 0.4) is 0 Å². The zero-order valence-corrected chi connectivity index (χ0v) is 27.0. The molecule has 6 heteroatoms. The first-order valence-electron chi connectivity index (χ1n) is 16.0. The molecule has 0 radical (unpaired) electrons. The summed E-state index contributed by atoms with van der Waals surface area (Å²) >= 11 is 0. The Morgan fingerprint density at radius 1 is 0.667 bits per heavy atom. The van der Waals surface area contributed by atoms with Crippen molar-refractivity contribution < 1.29 is 23.8 Å². The Balaban J connectivity index is 1.21. The molecule has 1 aliphatic heterocycles. The van der Waals surface area contributed by atoms with Crippen molar-refractivity contribution in [2.45, 2.75) is 79.4 Å². The van der Waals surface area contributed by atoms with E-state index >= 15 is 0 Å². The Labute approximate surface area is 266 Å². The first-order valence-corrected chi connectivity index (χ1v) is 16.0. The Bertz CT molecular complexity index is 1610. The molecule has 3 aromatic rings. The minimum absolute atomic E-state index is 0.119. The second kappa shape index (κ2) is 12.2. The minimum Gasteiger partial charge on any atom is -0.490 e. The number of nitrogens with one attached hydrogen (secondary N) is 1. The van der Waals surface area contributed by atoms with E-state index in [-0.39, 0.29) is 28.3 Å². The fourth-order valence-electron chi connectivity index (χ4n) is 6.91. The summed E-state index contributed by atoms with van der Waals surface area (Å²) in [5, 5.41) is 3.59. The van der Waals surface area contributed by atoms with Crippen molar-refractivity contribution in [2.75, 3.05) is 6.61 Å². The summed E-state index contributed by atoms with van der Waals surface area (Å²) in [7, 11) is 0. The van der Waals surface area contributed by atoms with Crippen molar-refractivity contribution >= 4 is 11.6 Å². The molecule has 3 aliphatic rings. The van der Waals surface area contributed by atoms with E-state index in [9.17, 15) is 9.59 Å². The van der Waals surface area contributed by atoms with E-state index in [4.69, 9.17) is 14.2 Å². The first-order chi connectivity index (χ1) is 21.5. The predicted octanol–water partition coefficient (Wildman–Crippen LogP) is 8.22. The molecule has 234 valence electrons. The van der Waals surface area contributed by atoms with Crippen LogP contribution in [-0.2, 0) is 22.8 Å². The molecule has 0 saturated heterocycles. The molecule has 45 heavy (non-hydrogen) atoms. The number of dihydropyridines is 1. The molecule has 6 nitrogen and oxygen atoms in total. The van der Waals surface area contributed by atoms with E-state index in [1.54, 1.807) is 0 Å². The first kappa shape index (κ1) is 30.7. The van der Waals surface area contributed by atoms with E-state index in [1.807, 2.05) is 79.7 Å². The van der Waals surface area contributed by atoms with Crippen molar-refractivity contribution in [3.05, 3.63) is 112 Å². The molecule has 1 heterocycles. The molecular weight excluding hydrogens is 562 g/mol. The standard InChI is InChI=1S/C39H43NO5/c1-6-43-34-18-26(12-17-33(34)45-23-25-10-8-7-9-11-25)24-44-28-15-13-27(14-16-28)35-36-29(19-38(2,3)21-31(36)41)40-30-20-39(4,5)22-32(42)37(30)35/h7-18,35,40H,6,19-24H2,1-5H3. The molecule has 0 spiro atoms. The Morgan fingerprint density at radius 3 is 1.87 bits per heavy atom. The molecule has 0 saturated carbocycles. The van der Waals surface area contributed by atoms with Gasteiger partial charge in [-0.2, -0.15) is 0 Å². The zero-order valence-electron chi connectivity index (χ0n) is 27.0. The maximum absolute atomic E-state index is 13.6. The lowest BCUT2D eigenvalue weighted by molar-refractivity contribution is -0.119. The number of Topliss-reactive ketones (excluding diaryl/α,β-unsaturated/α-hetero) is 2. The van der Waals surface area contributed by atoms with Crippen molar-refractivity contribution in [1.82, 2.24) is 5.32 Å². The van der Waals surface area contributed by atoms with Gasteiger partial charge in [-0.3, -0.25) is 9.59 Å². The molecule has 0 unspecified atom stereocenters. The van der Waals surface area contributed by atoms with Crippen LogP contribution in [0.25, 0.3) is 0 Å². The largest absolute Gasteiger partial charge is 0.490 e. The SMILES string of the molecule is CCOc1cc(COc2ccc(C3C4=C(CC(C)(C)CC4=O)NC4=C3C(=O)CC(C)(C)C4)cc2)ccc1OCc1ccccc1. The highest BCUT2D eigenvalue weighted by atomic mass is 16.5. The Morgan fingerprint density at radius 2 is 1.27 bits per heavy atom. The van der Waals surface area contributed by atoms with Gasteiger partial charge in [-0.15, -0.1) is 0 Å². The molecule has 6 rings (SSSR count). The third-order valence-corrected chi connectivity index (χ3v) is 8.88. The number of ether oxygens (including phenoxy) is 3. The maximum atomic E-state index is 13.6. The van der Waals surface area contributed by atoms with E-state index < -0.39 is 0 Å². The number of allylic oxidation sites excluding steroid dienone is 4. The Kier molecular flexibility index (Phi) is 8.34. The Hall–Kier alpha value is -4.32. The second-order valence-electron chi connectivity index (χ2n) is 14.1. The van der Waals surface area contributed by atoms with Crippen LogP contribution in [0.2, 0.25) is 0 Å². The number of benzene rings is 3. The molecule has 1 N–H and O–H groups in total. The maximum Gasteiger partial charge on any atom is 0.162 e. The van der Waals surface area contributed by atoms with Crippen LogP contribution in [0.5, 0.6) is 17.2 Å². The third-order valence-electron chi connectivity index (χ3n) is 8.88. The quantitative estimate of drug-likeness (QED) is 0.265. The van der Waals surface area contributed by atoms with Gasteiger partial charge in [0.1, 0.15) is 19.0 Å². The molecular formula is C39H43NO5. The number of ketones is 2. The van der Waals surface area contributed by atoms with Gasteiger partial charge in [-0.05, 0) is 71.6 Å². The van der Waals surface area contributed by atoms with Crippen LogP contribution in [0.1, 0.15) is 82.9 Å². The molecule has 3 aromatic carbocycles. The summed E-state index contributed by atoms with van der Waals surface area (Å²) in [4.78, 5) is 27.2. The zero-order chi connectivity index (χ0) is 31.8. The lowest BCUT2D eigenvalue weighted by atomic mass is 9.64. The average molecular weight is 606 g/mol. The average Bonchev–Trinajstić information content (AvgIpc) is 2.98. The van der Waals surface area contributed by atoms with Crippen molar-refractivity contribution in [1.29, 1.82) is 0 Å². The van der Waals surface area contributed by atoms with Crippen molar-refractivity contribution in [3.8, 4) is 17.2 Å². The summed E-state index contributed by atoms with van der Waals surface area (Å²) in [5.41, 5.74) is 6.23. The highest BCUT2D eigenvalue weighted by Gasteiger charge is 2.46. The van der Waals surface area contributed by atoms with E-state index in [1.165, 1.54) is 0 Å². The predicted molar refractivity (Wildman–Crippen MR) is 175 cm³/mol. The highest BCUT2D eigenvalue weighted by molar-refractivity contribution is 6.06. The van der Waals surface area contributed by atoms with Crippen molar-refractivity contribution in [3.63, 3.8) is 0 Å². The smallest absolute Gasteiger partial charge is 0.162 e. The van der Waals surface area contributed by atoms with Gasteiger partial charge in [0.15, 0.2) is 23.1 Å². The van der Waals surface area contributed by atoms with Crippen LogP contribution in [0.15, 0.2) is 95.3 Å². The monoisotopic (exact) mass is 605 g/mol. The highest BCUT2D eigenvalue weighted by Crippen LogP contribution is 2.51. The van der Waals surface area contributed by atoms with Crippen LogP contribution in [-0.4, -0.2) is 18.2 Å². The van der Waals surface area contributed by atoms with Gasteiger partial charge >= 0.3 is 0 Å². The fourth-order valence-corrected chi connectivity index (χ4v) is 6.91. The second-order valence-corrected chi connectivity index (χ2v) is 14.1. The van der Waals surface area contributed by atoms with Gasteiger partial charge in [0, 0.05) is 41.3 Å². The number of carbonyl (C=O) groups excluding carboxylic acids is 2. The molecule has 0 amide bonds. The third kappa shape index (κ3) is 6.70. The summed E-state index contributed by atoms with van der Waals surface area (Å²) in [6, 6.07) is 23.8. The molecule has 2 aliphatic carbocycles. The molecule has 0 fully saturated rings. The van der Waals surface area contributed by atoms with Gasteiger partial charge < -0.3 is 19.5 Å². The fraction of sp³-hybridized carbons (Fsp3) is 0.385. The number of hydrogen-bond acceptors (Lipinski definition) is 6. The molecule has 0 atom stereocenters. The van der Waals surface area contributed by atoms with Gasteiger partial charge in [0.05, 0.1) is 6.61 Å². The summed E-state index contributed by atoms with van der Waals surface area (Å²) < 4.78 is 18.1.